The number of amides is 2. The molecule has 1 aliphatic carbocycles. The second kappa shape index (κ2) is 13.1. The molecule has 1 saturated carbocycles. The van der Waals surface area contributed by atoms with Gasteiger partial charge in [0, 0.05) is 12.6 Å². The highest BCUT2D eigenvalue weighted by Gasteiger charge is 2.41. The summed E-state index contributed by atoms with van der Waals surface area (Å²) in [5.74, 6) is 0.952. The Hall–Kier alpha value is -4.62. The van der Waals surface area contributed by atoms with E-state index in [0.717, 1.165) is 41.5 Å². The Bertz CT molecular complexity index is 1510. The normalized spacial score (nSPS) is 19.2. The molecule has 1 aliphatic rings. The van der Waals surface area contributed by atoms with E-state index in [4.69, 9.17) is 9.47 Å². The number of hydrazine groups is 1. The fourth-order valence-corrected chi connectivity index (χ4v) is 6.28. The minimum atomic E-state index is -0.572. The summed E-state index contributed by atoms with van der Waals surface area (Å²) in [6, 6.07) is 35.0. The zero-order valence-corrected chi connectivity index (χ0v) is 24.9. The first-order chi connectivity index (χ1) is 20.7. The lowest BCUT2D eigenvalue weighted by Gasteiger charge is -2.46. The van der Waals surface area contributed by atoms with Crippen LogP contribution in [0.25, 0.3) is 22.3 Å². The van der Waals surface area contributed by atoms with Gasteiger partial charge in [-0.2, -0.15) is 0 Å². The molecule has 2 amide bonds. The number of hydrogen-bond donors (Lipinski definition) is 3. The fraction of sp³-hybridized carbons (Fsp3) is 0.278. The van der Waals surface area contributed by atoms with Crippen molar-refractivity contribution in [2.75, 3.05) is 6.54 Å². The summed E-state index contributed by atoms with van der Waals surface area (Å²) in [4.78, 5) is 25.2. The number of ether oxygens (including phenoxy) is 2. The van der Waals surface area contributed by atoms with Gasteiger partial charge in [-0.05, 0) is 76.6 Å². The Morgan fingerprint density at radius 1 is 0.651 bits per heavy atom. The van der Waals surface area contributed by atoms with E-state index in [9.17, 15) is 9.59 Å². The monoisotopic (exact) mass is 577 g/mol. The summed E-state index contributed by atoms with van der Waals surface area (Å²) in [7, 11) is 0. The standard InChI is InChI=1S/C36H39N3O4/c1-35(2)22-30(38-39-34(41)43-32-20-16-29(17-21-32)27-12-8-5-9-13-27)23-36(3,24-35)25-37-33(40)42-31-18-14-28(15-19-31)26-10-6-4-7-11-26/h4-21,30,38H,22-25H2,1-3H3,(H,37,40)(H,39,41). The number of hydrogen-bond acceptors (Lipinski definition) is 5. The molecule has 5 rings (SSSR count). The van der Waals surface area contributed by atoms with Gasteiger partial charge in [0.25, 0.3) is 0 Å². The van der Waals surface area contributed by atoms with Crippen LogP contribution in [0.1, 0.15) is 40.0 Å². The molecule has 43 heavy (non-hydrogen) atoms. The average Bonchev–Trinajstić information content (AvgIpc) is 3.00. The highest BCUT2D eigenvalue weighted by Crippen LogP contribution is 2.45. The maximum atomic E-state index is 12.7. The largest absolute Gasteiger partial charge is 0.427 e. The van der Waals surface area contributed by atoms with E-state index < -0.39 is 12.2 Å². The minimum Gasteiger partial charge on any atom is -0.410 e. The van der Waals surface area contributed by atoms with Crippen LogP contribution in [0.15, 0.2) is 109 Å². The zero-order chi connectivity index (χ0) is 30.3. The molecular weight excluding hydrogens is 538 g/mol. The lowest BCUT2D eigenvalue weighted by Crippen LogP contribution is -2.54. The van der Waals surface area contributed by atoms with Crippen LogP contribution in [0.4, 0.5) is 9.59 Å². The van der Waals surface area contributed by atoms with Crippen molar-refractivity contribution in [2.24, 2.45) is 10.8 Å². The van der Waals surface area contributed by atoms with Crippen LogP contribution in [0.2, 0.25) is 0 Å². The summed E-state index contributed by atoms with van der Waals surface area (Å²) in [6.07, 6.45) is 1.49. The highest BCUT2D eigenvalue weighted by molar-refractivity contribution is 5.72. The van der Waals surface area contributed by atoms with Crippen LogP contribution in [0, 0.1) is 10.8 Å². The SMILES string of the molecule is CC1(C)CC(NNC(=O)Oc2ccc(-c3ccccc3)cc2)CC(C)(CNC(=O)Oc2ccc(-c3ccccc3)cc2)C1. The molecule has 0 aromatic heterocycles. The van der Waals surface area contributed by atoms with Gasteiger partial charge in [0.2, 0.25) is 0 Å². The molecule has 1 fully saturated rings. The van der Waals surface area contributed by atoms with Crippen molar-refractivity contribution < 1.29 is 19.1 Å². The molecule has 0 aliphatic heterocycles. The van der Waals surface area contributed by atoms with Gasteiger partial charge < -0.3 is 14.8 Å². The average molecular weight is 578 g/mol. The van der Waals surface area contributed by atoms with E-state index in [1.165, 1.54) is 0 Å². The third kappa shape index (κ3) is 8.46. The molecule has 2 atom stereocenters. The molecule has 0 spiro atoms. The summed E-state index contributed by atoms with van der Waals surface area (Å²) in [6.45, 7) is 7.02. The Morgan fingerprint density at radius 3 is 1.63 bits per heavy atom. The molecule has 3 N–H and O–H groups in total. The van der Waals surface area contributed by atoms with Crippen molar-refractivity contribution in [1.29, 1.82) is 0 Å². The molecular formula is C36H39N3O4. The van der Waals surface area contributed by atoms with Crippen molar-refractivity contribution in [1.82, 2.24) is 16.2 Å². The molecule has 0 saturated heterocycles. The lowest BCUT2D eigenvalue weighted by atomic mass is 9.62. The van der Waals surface area contributed by atoms with Crippen molar-refractivity contribution in [3.8, 4) is 33.8 Å². The Labute approximate surface area is 253 Å². The Balaban J connectivity index is 1.10. The molecule has 7 nitrogen and oxygen atoms in total. The maximum absolute atomic E-state index is 12.7. The number of nitrogens with one attached hydrogen (secondary N) is 3. The van der Waals surface area contributed by atoms with Crippen LogP contribution in [0.5, 0.6) is 11.5 Å². The summed E-state index contributed by atoms with van der Waals surface area (Å²) in [5.41, 5.74) is 10.00. The Morgan fingerprint density at radius 2 is 1.12 bits per heavy atom. The Kier molecular flexibility index (Phi) is 9.12. The number of carbonyl (C=O) groups is 2. The molecule has 4 aromatic rings. The van der Waals surface area contributed by atoms with E-state index >= 15 is 0 Å². The first kappa shape index (κ1) is 29.9. The predicted molar refractivity (Wildman–Crippen MR) is 170 cm³/mol. The maximum Gasteiger partial charge on any atom is 0.427 e. The van der Waals surface area contributed by atoms with Gasteiger partial charge in [-0.15, -0.1) is 0 Å². The lowest BCUT2D eigenvalue weighted by molar-refractivity contribution is 0.0648. The molecule has 0 radical (unpaired) electrons. The van der Waals surface area contributed by atoms with Crippen molar-refractivity contribution in [3.05, 3.63) is 109 Å². The smallest absolute Gasteiger partial charge is 0.410 e. The van der Waals surface area contributed by atoms with E-state index in [1.54, 1.807) is 24.3 Å². The number of rotatable bonds is 8. The topological polar surface area (TPSA) is 88.7 Å². The molecule has 2 unspecified atom stereocenters. The van der Waals surface area contributed by atoms with Crippen molar-refractivity contribution in [2.45, 2.75) is 46.1 Å². The van der Waals surface area contributed by atoms with Crippen molar-refractivity contribution in [3.63, 3.8) is 0 Å². The van der Waals surface area contributed by atoms with Crippen LogP contribution < -0.4 is 25.6 Å². The third-order valence-electron chi connectivity index (χ3n) is 7.83. The first-order valence-electron chi connectivity index (χ1n) is 14.7. The molecule has 222 valence electrons. The van der Waals surface area contributed by atoms with Crippen LogP contribution in [-0.2, 0) is 0 Å². The highest BCUT2D eigenvalue weighted by atomic mass is 16.6. The van der Waals surface area contributed by atoms with E-state index in [0.29, 0.717) is 18.0 Å². The summed E-state index contributed by atoms with van der Waals surface area (Å²) < 4.78 is 11.0. The van der Waals surface area contributed by atoms with E-state index in [1.807, 2.05) is 84.9 Å². The van der Waals surface area contributed by atoms with E-state index in [-0.39, 0.29) is 16.9 Å². The predicted octanol–water partition coefficient (Wildman–Crippen LogP) is 7.99. The van der Waals surface area contributed by atoms with Crippen LogP contribution in [-0.4, -0.2) is 24.8 Å². The van der Waals surface area contributed by atoms with Gasteiger partial charge in [0.05, 0.1) is 0 Å². The van der Waals surface area contributed by atoms with Crippen molar-refractivity contribution >= 4 is 12.2 Å². The van der Waals surface area contributed by atoms with E-state index in [2.05, 4.69) is 36.9 Å². The molecule has 4 aromatic carbocycles. The van der Waals surface area contributed by atoms with Gasteiger partial charge in [0.15, 0.2) is 0 Å². The van der Waals surface area contributed by atoms with Gasteiger partial charge in [-0.1, -0.05) is 106 Å². The van der Waals surface area contributed by atoms with Crippen LogP contribution in [0.3, 0.4) is 0 Å². The number of benzene rings is 4. The van der Waals surface area contributed by atoms with Crippen LogP contribution >= 0.6 is 0 Å². The van der Waals surface area contributed by atoms with Gasteiger partial charge in [-0.3, -0.25) is 5.43 Å². The third-order valence-corrected chi connectivity index (χ3v) is 7.83. The van der Waals surface area contributed by atoms with Gasteiger partial charge >= 0.3 is 12.2 Å². The quantitative estimate of drug-likeness (QED) is 0.185. The minimum absolute atomic E-state index is 0.00236. The zero-order valence-electron chi connectivity index (χ0n) is 24.9. The number of carbonyl (C=O) groups excluding carboxylic acids is 2. The summed E-state index contributed by atoms with van der Waals surface area (Å²) >= 11 is 0. The first-order valence-corrected chi connectivity index (χ1v) is 14.7. The fourth-order valence-electron chi connectivity index (χ4n) is 6.28. The molecule has 7 heteroatoms. The molecule has 0 bridgehead atoms. The summed E-state index contributed by atoms with van der Waals surface area (Å²) in [5, 5.41) is 2.96. The second-order valence-corrected chi connectivity index (χ2v) is 12.4. The van der Waals surface area contributed by atoms with Gasteiger partial charge in [-0.25, -0.2) is 15.0 Å². The second-order valence-electron chi connectivity index (χ2n) is 12.4. The van der Waals surface area contributed by atoms with Gasteiger partial charge in [0.1, 0.15) is 11.5 Å². The molecule has 0 heterocycles.